The van der Waals surface area contributed by atoms with Gasteiger partial charge in [0.25, 0.3) is 0 Å². The van der Waals surface area contributed by atoms with Crippen LogP contribution in [0.25, 0.3) is 0 Å². The van der Waals surface area contributed by atoms with Crippen molar-refractivity contribution in [3.63, 3.8) is 0 Å². The van der Waals surface area contributed by atoms with Gasteiger partial charge in [0.1, 0.15) is 11.5 Å². The molecule has 1 amide bonds. The molecule has 0 aliphatic carbocycles. The highest BCUT2D eigenvalue weighted by Gasteiger charge is 2.55. The summed E-state index contributed by atoms with van der Waals surface area (Å²) in [7, 11) is -2.98. The second kappa shape index (κ2) is 20.0. The van der Waals surface area contributed by atoms with E-state index in [9.17, 15) is 9.59 Å². The highest BCUT2D eigenvalue weighted by Crippen LogP contribution is 2.48. The molecule has 0 bridgehead atoms. The molecular formula is C41H70INO8Si2. The van der Waals surface area contributed by atoms with E-state index in [4.69, 9.17) is 33.5 Å². The summed E-state index contributed by atoms with van der Waals surface area (Å²) in [5, 5.41) is -0.111. The van der Waals surface area contributed by atoms with Gasteiger partial charge in [0.15, 0.2) is 16.6 Å². The van der Waals surface area contributed by atoms with Crippen LogP contribution in [0.1, 0.15) is 93.1 Å². The maximum atomic E-state index is 13.8. The number of hydrogen-bond acceptors (Lipinski definition) is 8. The summed E-state index contributed by atoms with van der Waals surface area (Å²) in [6.07, 6.45) is 4.09. The third kappa shape index (κ3) is 13.9. The van der Waals surface area contributed by atoms with Crippen molar-refractivity contribution in [2.75, 3.05) is 13.7 Å². The fourth-order valence-corrected chi connectivity index (χ4v) is 9.79. The SMILES string of the molecule is C=CC[C@@](CCOC(N)=O)(O[Si](C)(C)C(C)(C)C)[C@@H]1C[C@H](O[Si](C)(C)C(C)(C)C)[C@H]([C@@H](C)CC(=O)C[C@H](C)[C@@H](/C=C/I)OCc2ccc(OC)cc2)O1. The minimum atomic E-state index is -2.37. The van der Waals surface area contributed by atoms with Crippen molar-refractivity contribution >= 4 is 51.1 Å². The van der Waals surface area contributed by atoms with E-state index in [2.05, 4.69) is 111 Å². The molecule has 1 fully saturated rings. The Hall–Kier alpha value is -1.56. The fourth-order valence-electron chi connectivity index (χ4n) is 6.40. The number of methoxy groups -OCH3 is 1. The van der Waals surface area contributed by atoms with E-state index < -0.39 is 28.3 Å². The Morgan fingerprint density at radius 1 is 1.02 bits per heavy atom. The number of Topliss-reactive ketones (excluding diaryl/α,β-unsaturated/α-hetero) is 1. The van der Waals surface area contributed by atoms with Crippen molar-refractivity contribution in [3.05, 3.63) is 52.6 Å². The number of benzene rings is 1. The highest BCUT2D eigenvalue weighted by molar-refractivity contribution is 14.1. The molecule has 0 aromatic heterocycles. The molecule has 2 N–H and O–H groups in total. The van der Waals surface area contributed by atoms with Crippen LogP contribution >= 0.6 is 22.6 Å². The lowest BCUT2D eigenvalue weighted by Crippen LogP contribution is -2.55. The van der Waals surface area contributed by atoms with Crippen LogP contribution in [0.15, 0.2) is 47.1 Å². The van der Waals surface area contributed by atoms with Gasteiger partial charge >= 0.3 is 6.09 Å². The quantitative estimate of drug-likeness (QED) is 0.0737. The van der Waals surface area contributed by atoms with Crippen molar-refractivity contribution in [1.29, 1.82) is 0 Å². The van der Waals surface area contributed by atoms with E-state index >= 15 is 0 Å². The first-order chi connectivity index (χ1) is 24.4. The van der Waals surface area contributed by atoms with Crippen LogP contribution in [0.4, 0.5) is 4.79 Å². The number of rotatable bonds is 21. The van der Waals surface area contributed by atoms with Crippen LogP contribution in [-0.2, 0) is 34.5 Å². The Morgan fingerprint density at radius 2 is 1.62 bits per heavy atom. The molecule has 7 atom stereocenters. The zero-order valence-electron chi connectivity index (χ0n) is 34.9. The molecule has 1 aromatic carbocycles. The minimum absolute atomic E-state index is 0.0255. The number of primary amides is 1. The predicted octanol–water partition coefficient (Wildman–Crippen LogP) is 10.5. The summed E-state index contributed by atoms with van der Waals surface area (Å²) in [6.45, 7) is 31.1. The molecule has 1 heterocycles. The number of nitrogens with two attached hydrogens (primary N) is 1. The number of amides is 1. The van der Waals surface area contributed by atoms with Gasteiger partial charge in [-0.2, -0.15) is 0 Å². The second-order valence-electron chi connectivity index (χ2n) is 17.9. The third-order valence-electron chi connectivity index (χ3n) is 11.6. The van der Waals surface area contributed by atoms with Gasteiger partial charge in [-0.15, -0.1) is 6.58 Å². The average molecular weight is 888 g/mol. The number of carbonyl (C=O) groups excluding carboxylic acids is 2. The average Bonchev–Trinajstić information content (AvgIpc) is 3.45. The van der Waals surface area contributed by atoms with Gasteiger partial charge in [-0.3, -0.25) is 4.79 Å². The van der Waals surface area contributed by atoms with Gasteiger partial charge in [0.05, 0.1) is 50.3 Å². The van der Waals surface area contributed by atoms with Crippen LogP contribution in [0.5, 0.6) is 5.75 Å². The molecule has 9 nitrogen and oxygen atoms in total. The molecule has 0 spiro atoms. The molecule has 302 valence electrons. The van der Waals surface area contributed by atoms with Crippen molar-refractivity contribution < 1.29 is 37.4 Å². The van der Waals surface area contributed by atoms with Gasteiger partial charge < -0.3 is 33.5 Å². The first-order valence-electron chi connectivity index (χ1n) is 19.0. The molecule has 0 saturated carbocycles. The zero-order chi connectivity index (χ0) is 40.4. The number of ether oxygens (including phenoxy) is 4. The largest absolute Gasteiger partial charge is 0.497 e. The summed E-state index contributed by atoms with van der Waals surface area (Å²) in [5.41, 5.74) is 5.61. The first kappa shape index (κ1) is 47.6. The van der Waals surface area contributed by atoms with E-state index in [1.165, 1.54) is 0 Å². The lowest BCUT2D eigenvalue weighted by atomic mass is 9.86. The molecule has 0 unspecified atom stereocenters. The van der Waals surface area contributed by atoms with Crippen LogP contribution < -0.4 is 10.5 Å². The summed E-state index contributed by atoms with van der Waals surface area (Å²) in [6, 6.07) is 7.82. The van der Waals surface area contributed by atoms with Crippen LogP contribution in [0.2, 0.25) is 36.3 Å². The molecule has 1 aromatic rings. The third-order valence-corrected chi connectivity index (χ3v) is 21.0. The Balaban J connectivity index is 2.39. The standard InChI is InChI=1S/C41H70INO8Si2/c1-15-21-41(22-24-47-38(43)45,51-53(13,14)40(7,8)9)36-27-35(50-52(11,12)39(4,5)6)37(49-36)30(3)26-32(44)25-29(2)34(20-23-42)48-28-31-16-18-33(46-10)19-17-31/h15-20,23,29-30,34-37H,1,21-22,24-28H2,2-14H3,(H2,43,45)/b23-20+/t29-,30-,34+,35-,36-,37-,41-/m0/s1. The molecule has 12 heteroatoms. The topological polar surface area (TPSA) is 116 Å². The molecule has 2 rings (SSSR count). The Morgan fingerprint density at radius 3 is 2.13 bits per heavy atom. The van der Waals surface area contributed by atoms with Crippen LogP contribution in [0, 0.1) is 11.8 Å². The van der Waals surface area contributed by atoms with Crippen molar-refractivity contribution in [3.8, 4) is 5.75 Å². The lowest BCUT2D eigenvalue weighted by molar-refractivity contribution is -0.128. The second-order valence-corrected chi connectivity index (χ2v) is 28.1. The Kier molecular flexibility index (Phi) is 18.0. The van der Waals surface area contributed by atoms with E-state index in [0.717, 1.165) is 11.3 Å². The summed E-state index contributed by atoms with van der Waals surface area (Å²) in [5.74, 6) is 0.808. The minimum Gasteiger partial charge on any atom is -0.497 e. The maximum Gasteiger partial charge on any atom is 0.404 e. The first-order valence-corrected chi connectivity index (χ1v) is 26.1. The lowest BCUT2D eigenvalue weighted by Gasteiger charge is -2.48. The van der Waals surface area contributed by atoms with Crippen molar-refractivity contribution in [1.82, 2.24) is 0 Å². The van der Waals surface area contributed by atoms with Crippen molar-refractivity contribution in [2.24, 2.45) is 17.6 Å². The molecular weight excluding hydrogens is 818 g/mol. The van der Waals surface area contributed by atoms with Gasteiger partial charge in [-0.25, -0.2) is 4.79 Å². The molecule has 1 saturated heterocycles. The molecule has 53 heavy (non-hydrogen) atoms. The smallest absolute Gasteiger partial charge is 0.404 e. The number of ketones is 1. The maximum absolute atomic E-state index is 13.8. The Bertz CT molecular complexity index is 1360. The van der Waals surface area contributed by atoms with Gasteiger partial charge in [0.2, 0.25) is 0 Å². The zero-order valence-corrected chi connectivity index (χ0v) is 39.0. The monoisotopic (exact) mass is 887 g/mol. The molecule has 0 radical (unpaired) electrons. The fraction of sp³-hybridized carbons (Fsp3) is 0.707. The van der Waals surface area contributed by atoms with E-state index in [1.807, 2.05) is 40.5 Å². The number of halogens is 1. The normalized spacial score (nSPS) is 21.5. The Labute approximate surface area is 336 Å². The summed E-state index contributed by atoms with van der Waals surface area (Å²) in [4.78, 5) is 25.5. The van der Waals surface area contributed by atoms with Crippen LogP contribution in [-0.4, -0.2) is 72.2 Å². The number of hydrogen-bond donors (Lipinski definition) is 1. The van der Waals surface area contributed by atoms with E-state index in [0.29, 0.717) is 38.7 Å². The number of carbonyl (C=O) groups is 2. The van der Waals surface area contributed by atoms with E-state index in [1.54, 1.807) is 7.11 Å². The van der Waals surface area contributed by atoms with E-state index in [-0.39, 0.29) is 58.7 Å². The summed E-state index contributed by atoms with van der Waals surface area (Å²) >= 11 is 2.20. The van der Waals surface area contributed by atoms with Gasteiger partial charge in [-0.05, 0) is 82.4 Å². The van der Waals surface area contributed by atoms with Crippen molar-refractivity contribution in [2.45, 2.75) is 160 Å². The van der Waals surface area contributed by atoms with Gasteiger partial charge in [-0.1, -0.05) is 96.2 Å². The van der Waals surface area contributed by atoms with Gasteiger partial charge in [0, 0.05) is 25.7 Å². The van der Waals surface area contributed by atoms with Crippen LogP contribution in [0.3, 0.4) is 0 Å². The predicted molar refractivity (Wildman–Crippen MR) is 229 cm³/mol. The molecule has 1 aliphatic heterocycles. The highest BCUT2D eigenvalue weighted by atomic mass is 127. The molecule has 1 aliphatic rings. The summed E-state index contributed by atoms with van der Waals surface area (Å²) < 4.78 is 40.4.